The van der Waals surface area contributed by atoms with Crippen LogP contribution in [-0.4, -0.2) is 41.1 Å². The normalized spacial score (nSPS) is 10.0. The van der Waals surface area contributed by atoms with Gasteiger partial charge in [-0.3, -0.25) is 14.4 Å². The van der Waals surface area contributed by atoms with E-state index in [9.17, 15) is 14.4 Å². The zero-order valence-electron chi connectivity index (χ0n) is 10.8. The molecule has 1 aromatic rings. The molecule has 6 heteroatoms. The van der Waals surface area contributed by atoms with Crippen molar-refractivity contribution in [1.29, 1.82) is 0 Å². The summed E-state index contributed by atoms with van der Waals surface area (Å²) < 4.78 is 0. The predicted molar refractivity (Wildman–Crippen MR) is 72.6 cm³/mol. The molecule has 1 N–H and O–H groups in total. The average molecular weight is 281 g/mol. The van der Waals surface area contributed by atoms with Gasteiger partial charge in [0.2, 0.25) is 0 Å². The highest BCUT2D eigenvalue weighted by atomic mass is 32.2. The summed E-state index contributed by atoms with van der Waals surface area (Å²) in [6, 6.07) is 6.57. The number of thioether (sulfide) groups is 1. The summed E-state index contributed by atoms with van der Waals surface area (Å²) in [7, 11) is 3.33. The molecule has 0 saturated carbocycles. The van der Waals surface area contributed by atoms with Crippen LogP contribution in [0.1, 0.15) is 23.2 Å². The maximum atomic E-state index is 11.6. The lowest BCUT2D eigenvalue weighted by Gasteiger charge is -2.09. The van der Waals surface area contributed by atoms with Crippen molar-refractivity contribution in [3.8, 4) is 0 Å². The second-order valence-corrected chi connectivity index (χ2v) is 5.13. The Morgan fingerprint density at radius 3 is 2.16 bits per heavy atom. The third-order valence-electron chi connectivity index (χ3n) is 2.31. The number of amides is 1. The van der Waals surface area contributed by atoms with Gasteiger partial charge in [0.15, 0.2) is 5.78 Å². The number of ketones is 1. The van der Waals surface area contributed by atoms with E-state index >= 15 is 0 Å². The highest BCUT2D eigenvalue weighted by Crippen LogP contribution is 2.21. The van der Waals surface area contributed by atoms with Gasteiger partial charge in [-0.15, -0.1) is 0 Å². The fourth-order valence-electron chi connectivity index (χ4n) is 1.27. The predicted octanol–water partition coefficient (Wildman–Crippen LogP) is 2.51. The summed E-state index contributed by atoms with van der Waals surface area (Å²) in [5, 5.41) is 8.41. The SMILES string of the molecule is CN(C)C(=O)Sc1ccc(C(=O)CCC(=O)O)cc1. The molecule has 0 fully saturated rings. The number of hydrogen-bond acceptors (Lipinski definition) is 4. The van der Waals surface area contributed by atoms with E-state index in [1.165, 1.54) is 4.90 Å². The maximum absolute atomic E-state index is 11.6. The van der Waals surface area contributed by atoms with Crippen LogP contribution in [0.25, 0.3) is 0 Å². The van der Waals surface area contributed by atoms with E-state index in [-0.39, 0.29) is 23.9 Å². The van der Waals surface area contributed by atoms with Crippen molar-refractivity contribution < 1.29 is 19.5 Å². The Hall–Kier alpha value is -1.82. The van der Waals surface area contributed by atoms with Crippen molar-refractivity contribution in [2.75, 3.05) is 14.1 Å². The van der Waals surface area contributed by atoms with Crippen LogP contribution in [0, 0.1) is 0 Å². The van der Waals surface area contributed by atoms with Gasteiger partial charge in [-0.05, 0) is 23.9 Å². The van der Waals surface area contributed by atoms with Crippen LogP contribution in [0.4, 0.5) is 4.79 Å². The molecule has 0 aliphatic carbocycles. The van der Waals surface area contributed by atoms with Crippen molar-refractivity contribution in [1.82, 2.24) is 4.90 Å². The third-order valence-corrected chi connectivity index (χ3v) is 3.36. The van der Waals surface area contributed by atoms with E-state index in [1.54, 1.807) is 38.4 Å². The van der Waals surface area contributed by atoms with Crippen LogP contribution < -0.4 is 0 Å². The molecule has 1 rings (SSSR count). The van der Waals surface area contributed by atoms with Crippen LogP contribution in [0.5, 0.6) is 0 Å². The van der Waals surface area contributed by atoms with Gasteiger partial charge >= 0.3 is 5.97 Å². The Labute approximate surface area is 115 Å². The first-order chi connectivity index (χ1) is 8.90. The van der Waals surface area contributed by atoms with E-state index in [4.69, 9.17) is 5.11 Å². The van der Waals surface area contributed by atoms with Gasteiger partial charge in [0.1, 0.15) is 0 Å². The molecule has 0 bridgehead atoms. The van der Waals surface area contributed by atoms with Crippen LogP contribution in [0.3, 0.4) is 0 Å². The van der Waals surface area contributed by atoms with E-state index < -0.39 is 5.97 Å². The number of carbonyl (C=O) groups is 3. The molecule has 19 heavy (non-hydrogen) atoms. The summed E-state index contributed by atoms with van der Waals surface area (Å²) >= 11 is 1.07. The van der Waals surface area contributed by atoms with Crippen molar-refractivity contribution in [3.63, 3.8) is 0 Å². The second kappa shape index (κ2) is 6.94. The fourth-order valence-corrected chi connectivity index (χ4v) is 1.92. The van der Waals surface area contributed by atoms with Gasteiger partial charge in [0.05, 0.1) is 6.42 Å². The third kappa shape index (κ3) is 5.13. The molecule has 0 aliphatic rings. The molecular weight excluding hydrogens is 266 g/mol. The summed E-state index contributed by atoms with van der Waals surface area (Å²) in [5.74, 6) is -1.20. The van der Waals surface area contributed by atoms with Gasteiger partial charge < -0.3 is 10.0 Å². The monoisotopic (exact) mass is 281 g/mol. The number of benzene rings is 1. The molecule has 5 nitrogen and oxygen atoms in total. The molecular formula is C13H15NO4S. The minimum atomic E-state index is -0.989. The van der Waals surface area contributed by atoms with Crippen molar-refractivity contribution in [2.24, 2.45) is 0 Å². The van der Waals surface area contributed by atoms with E-state index in [0.29, 0.717) is 5.56 Å². The lowest BCUT2D eigenvalue weighted by Crippen LogP contribution is -2.16. The maximum Gasteiger partial charge on any atom is 0.303 e. The number of rotatable bonds is 5. The van der Waals surface area contributed by atoms with Crippen molar-refractivity contribution in [2.45, 2.75) is 17.7 Å². The smallest absolute Gasteiger partial charge is 0.303 e. The van der Waals surface area contributed by atoms with Crippen LogP contribution in [0.15, 0.2) is 29.2 Å². The number of carboxylic acids is 1. The van der Waals surface area contributed by atoms with Crippen LogP contribution in [0.2, 0.25) is 0 Å². The van der Waals surface area contributed by atoms with Gasteiger partial charge in [0.25, 0.3) is 5.24 Å². The first kappa shape index (κ1) is 15.2. The molecule has 0 aliphatic heterocycles. The minimum Gasteiger partial charge on any atom is -0.481 e. The summed E-state index contributed by atoms with van der Waals surface area (Å²) in [4.78, 5) is 35.7. The van der Waals surface area contributed by atoms with Crippen molar-refractivity contribution in [3.05, 3.63) is 29.8 Å². The van der Waals surface area contributed by atoms with Crippen LogP contribution >= 0.6 is 11.8 Å². The Bertz CT molecular complexity index is 482. The molecule has 0 heterocycles. The minimum absolute atomic E-state index is 0.0154. The average Bonchev–Trinajstić information content (AvgIpc) is 2.36. The van der Waals surface area contributed by atoms with Gasteiger partial charge in [-0.2, -0.15) is 0 Å². The second-order valence-electron chi connectivity index (χ2n) is 4.10. The Balaban J connectivity index is 2.63. The summed E-state index contributed by atoms with van der Waals surface area (Å²) in [6.07, 6.45) is -0.188. The van der Waals surface area contributed by atoms with Crippen molar-refractivity contribution >= 4 is 28.8 Å². The highest BCUT2D eigenvalue weighted by Gasteiger charge is 2.10. The Morgan fingerprint density at radius 1 is 1.11 bits per heavy atom. The molecule has 0 atom stereocenters. The Morgan fingerprint density at radius 2 is 1.68 bits per heavy atom. The molecule has 0 saturated heterocycles. The topological polar surface area (TPSA) is 74.7 Å². The summed E-state index contributed by atoms with van der Waals surface area (Å²) in [5.41, 5.74) is 0.461. The number of aliphatic carboxylic acids is 1. The zero-order chi connectivity index (χ0) is 14.4. The van der Waals surface area contributed by atoms with Gasteiger partial charge in [-0.1, -0.05) is 12.1 Å². The lowest BCUT2D eigenvalue weighted by molar-refractivity contribution is -0.136. The number of hydrogen-bond donors (Lipinski definition) is 1. The highest BCUT2D eigenvalue weighted by molar-refractivity contribution is 8.13. The van der Waals surface area contributed by atoms with E-state index in [2.05, 4.69) is 0 Å². The van der Waals surface area contributed by atoms with Crippen LogP contribution in [-0.2, 0) is 4.79 Å². The Kier molecular flexibility index (Phi) is 5.57. The molecule has 0 spiro atoms. The molecule has 1 aromatic carbocycles. The largest absolute Gasteiger partial charge is 0.481 e. The van der Waals surface area contributed by atoms with Gasteiger partial charge in [0, 0.05) is 31.0 Å². The zero-order valence-corrected chi connectivity index (χ0v) is 11.6. The number of carboxylic acid groups (broad SMARTS) is 1. The standard InChI is InChI=1S/C13H15NO4S/c1-14(2)13(18)19-10-5-3-9(4-6-10)11(15)7-8-12(16)17/h3-6H,7-8H2,1-2H3,(H,16,17). The molecule has 0 radical (unpaired) electrons. The van der Waals surface area contributed by atoms with E-state index in [1.807, 2.05) is 0 Å². The number of Topliss-reactive ketones (excluding diaryl/α,β-unsaturated/α-hetero) is 1. The molecule has 0 unspecified atom stereocenters. The first-order valence-corrected chi connectivity index (χ1v) is 6.46. The first-order valence-electron chi connectivity index (χ1n) is 5.64. The van der Waals surface area contributed by atoms with Gasteiger partial charge in [-0.25, -0.2) is 0 Å². The van der Waals surface area contributed by atoms with E-state index in [0.717, 1.165) is 16.7 Å². The number of carbonyl (C=O) groups excluding carboxylic acids is 2. The molecule has 0 aromatic heterocycles. The fraction of sp³-hybridized carbons (Fsp3) is 0.308. The number of nitrogens with zero attached hydrogens (tertiary/aromatic N) is 1. The quantitative estimate of drug-likeness (QED) is 0.663. The lowest BCUT2D eigenvalue weighted by atomic mass is 10.1. The summed E-state index contributed by atoms with van der Waals surface area (Å²) in [6.45, 7) is 0. The molecule has 102 valence electrons. The molecule has 1 amide bonds.